The standard InChI is InChI=1S/C12H11F3O/c1-11(2,16)8-7-9-3-5-10(6-4-9)12(13,14)15/h3-6,16H,1-2H3. The minimum absolute atomic E-state index is 0.440. The highest BCUT2D eigenvalue weighted by molar-refractivity contribution is 5.38. The first-order valence-corrected chi connectivity index (χ1v) is 4.61. The predicted octanol–water partition coefficient (Wildman–Crippen LogP) is 2.83. The average molecular weight is 228 g/mol. The van der Waals surface area contributed by atoms with Gasteiger partial charge in [-0.05, 0) is 38.1 Å². The number of hydrogen-bond donors (Lipinski definition) is 1. The van der Waals surface area contributed by atoms with E-state index in [1.165, 1.54) is 26.0 Å². The van der Waals surface area contributed by atoms with Crippen LogP contribution in [0.5, 0.6) is 0 Å². The fourth-order valence-corrected chi connectivity index (χ4v) is 0.968. The van der Waals surface area contributed by atoms with Crippen molar-refractivity contribution in [2.75, 3.05) is 0 Å². The molecule has 0 unspecified atom stereocenters. The van der Waals surface area contributed by atoms with E-state index in [0.717, 1.165) is 12.1 Å². The van der Waals surface area contributed by atoms with Crippen molar-refractivity contribution in [1.29, 1.82) is 0 Å². The molecule has 1 nitrogen and oxygen atoms in total. The summed E-state index contributed by atoms with van der Waals surface area (Å²) in [4.78, 5) is 0. The van der Waals surface area contributed by atoms with Crippen LogP contribution < -0.4 is 0 Å². The van der Waals surface area contributed by atoms with Crippen molar-refractivity contribution in [3.8, 4) is 11.8 Å². The van der Waals surface area contributed by atoms with E-state index < -0.39 is 17.3 Å². The van der Waals surface area contributed by atoms with Crippen molar-refractivity contribution in [2.24, 2.45) is 0 Å². The quantitative estimate of drug-likeness (QED) is 0.677. The van der Waals surface area contributed by atoms with Crippen molar-refractivity contribution in [3.63, 3.8) is 0 Å². The van der Waals surface area contributed by atoms with Crippen molar-refractivity contribution in [2.45, 2.75) is 25.6 Å². The lowest BCUT2D eigenvalue weighted by Gasteiger charge is -2.07. The molecule has 0 aromatic heterocycles. The van der Waals surface area contributed by atoms with Gasteiger partial charge in [-0.2, -0.15) is 13.2 Å². The van der Waals surface area contributed by atoms with Crippen LogP contribution in [0.1, 0.15) is 25.0 Å². The third-order valence-electron chi connectivity index (χ3n) is 1.72. The number of benzene rings is 1. The van der Waals surface area contributed by atoms with E-state index >= 15 is 0 Å². The minimum atomic E-state index is -4.33. The Labute approximate surface area is 91.9 Å². The number of halogens is 3. The van der Waals surface area contributed by atoms with Crippen LogP contribution in [0.15, 0.2) is 24.3 Å². The third kappa shape index (κ3) is 3.95. The van der Waals surface area contributed by atoms with Crippen LogP contribution in [0.2, 0.25) is 0 Å². The summed E-state index contributed by atoms with van der Waals surface area (Å²) in [7, 11) is 0. The zero-order chi connectivity index (χ0) is 12.4. The molecule has 1 aromatic carbocycles. The third-order valence-corrected chi connectivity index (χ3v) is 1.72. The second-order valence-corrected chi connectivity index (χ2v) is 3.88. The molecule has 0 bridgehead atoms. The van der Waals surface area contributed by atoms with Gasteiger partial charge in [0.15, 0.2) is 0 Å². The van der Waals surface area contributed by atoms with Gasteiger partial charge in [-0.15, -0.1) is 0 Å². The van der Waals surface area contributed by atoms with Crippen molar-refractivity contribution in [1.82, 2.24) is 0 Å². The Morgan fingerprint density at radius 3 is 1.94 bits per heavy atom. The van der Waals surface area contributed by atoms with Crippen LogP contribution in [-0.2, 0) is 6.18 Å². The molecule has 1 rings (SSSR count). The molecular formula is C12H11F3O. The molecule has 0 spiro atoms. The maximum atomic E-state index is 12.2. The molecule has 0 saturated carbocycles. The molecule has 0 aliphatic carbocycles. The molecule has 0 aliphatic heterocycles. The van der Waals surface area contributed by atoms with E-state index in [2.05, 4.69) is 11.8 Å². The summed E-state index contributed by atoms with van der Waals surface area (Å²) in [5.74, 6) is 5.12. The van der Waals surface area contributed by atoms with Gasteiger partial charge in [0.2, 0.25) is 0 Å². The summed E-state index contributed by atoms with van der Waals surface area (Å²) < 4.78 is 36.7. The summed E-state index contributed by atoms with van der Waals surface area (Å²) in [6, 6.07) is 4.49. The highest BCUT2D eigenvalue weighted by atomic mass is 19.4. The largest absolute Gasteiger partial charge is 0.416 e. The lowest BCUT2D eigenvalue weighted by molar-refractivity contribution is -0.137. The number of hydrogen-bond acceptors (Lipinski definition) is 1. The van der Waals surface area contributed by atoms with Gasteiger partial charge in [0.05, 0.1) is 5.56 Å². The molecule has 0 amide bonds. The summed E-state index contributed by atoms with van der Waals surface area (Å²) >= 11 is 0. The number of alkyl halides is 3. The Kier molecular flexibility index (Phi) is 3.30. The highest BCUT2D eigenvalue weighted by Crippen LogP contribution is 2.28. The van der Waals surface area contributed by atoms with Crippen LogP contribution >= 0.6 is 0 Å². The summed E-state index contributed by atoms with van der Waals surface area (Å²) in [5, 5.41) is 9.31. The van der Waals surface area contributed by atoms with E-state index in [0.29, 0.717) is 5.56 Å². The topological polar surface area (TPSA) is 20.2 Å². The predicted molar refractivity (Wildman–Crippen MR) is 54.6 cm³/mol. The fraction of sp³-hybridized carbons (Fsp3) is 0.333. The van der Waals surface area contributed by atoms with Crippen molar-refractivity contribution in [3.05, 3.63) is 35.4 Å². The van der Waals surface area contributed by atoms with E-state index in [-0.39, 0.29) is 0 Å². The van der Waals surface area contributed by atoms with Crippen molar-refractivity contribution >= 4 is 0 Å². The fourth-order valence-electron chi connectivity index (χ4n) is 0.968. The molecule has 1 N–H and O–H groups in total. The van der Waals surface area contributed by atoms with Crippen LogP contribution in [0.4, 0.5) is 13.2 Å². The number of rotatable bonds is 0. The normalized spacial score (nSPS) is 11.9. The van der Waals surface area contributed by atoms with Gasteiger partial charge >= 0.3 is 6.18 Å². The first-order chi connectivity index (χ1) is 7.18. The van der Waals surface area contributed by atoms with Crippen LogP contribution in [0.3, 0.4) is 0 Å². The smallest absolute Gasteiger partial charge is 0.378 e. The van der Waals surface area contributed by atoms with Crippen molar-refractivity contribution < 1.29 is 18.3 Å². The second-order valence-electron chi connectivity index (χ2n) is 3.88. The zero-order valence-corrected chi connectivity index (χ0v) is 8.89. The molecule has 16 heavy (non-hydrogen) atoms. The van der Waals surface area contributed by atoms with Gasteiger partial charge < -0.3 is 5.11 Å². The Bertz CT molecular complexity index is 413. The maximum Gasteiger partial charge on any atom is 0.416 e. The Balaban J connectivity index is 2.91. The van der Waals surface area contributed by atoms with E-state index in [4.69, 9.17) is 0 Å². The average Bonchev–Trinajstić information content (AvgIpc) is 2.13. The first-order valence-electron chi connectivity index (χ1n) is 4.61. The maximum absolute atomic E-state index is 12.2. The van der Waals surface area contributed by atoms with Gasteiger partial charge in [0.1, 0.15) is 5.60 Å². The van der Waals surface area contributed by atoms with Crippen LogP contribution in [0, 0.1) is 11.8 Å². The molecule has 86 valence electrons. The molecule has 4 heteroatoms. The Morgan fingerprint density at radius 1 is 1.06 bits per heavy atom. The molecule has 0 saturated heterocycles. The van der Waals surface area contributed by atoms with E-state index in [1.54, 1.807) is 0 Å². The molecule has 0 heterocycles. The monoisotopic (exact) mass is 228 g/mol. The first kappa shape index (κ1) is 12.6. The van der Waals surface area contributed by atoms with E-state index in [9.17, 15) is 18.3 Å². The van der Waals surface area contributed by atoms with Crippen LogP contribution in [0.25, 0.3) is 0 Å². The molecule has 1 aromatic rings. The lowest BCUT2D eigenvalue weighted by Crippen LogP contribution is -2.14. The second kappa shape index (κ2) is 4.18. The van der Waals surface area contributed by atoms with Gasteiger partial charge in [-0.25, -0.2) is 0 Å². The zero-order valence-electron chi connectivity index (χ0n) is 8.89. The lowest BCUT2D eigenvalue weighted by atomic mass is 10.1. The molecule has 0 fully saturated rings. The molecule has 0 atom stereocenters. The summed E-state index contributed by atoms with van der Waals surface area (Å²) in [6.07, 6.45) is -4.33. The minimum Gasteiger partial charge on any atom is -0.378 e. The van der Waals surface area contributed by atoms with Gasteiger partial charge in [0.25, 0.3) is 0 Å². The number of aliphatic hydroxyl groups is 1. The van der Waals surface area contributed by atoms with Gasteiger partial charge in [-0.3, -0.25) is 0 Å². The SMILES string of the molecule is CC(C)(O)C#Cc1ccc(C(F)(F)F)cc1. The Morgan fingerprint density at radius 2 is 1.56 bits per heavy atom. The van der Waals surface area contributed by atoms with Gasteiger partial charge in [0, 0.05) is 5.56 Å². The molecule has 0 aliphatic rings. The van der Waals surface area contributed by atoms with E-state index in [1.807, 2.05) is 0 Å². The molecular weight excluding hydrogens is 217 g/mol. The van der Waals surface area contributed by atoms with Gasteiger partial charge in [-0.1, -0.05) is 11.8 Å². The highest BCUT2D eigenvalue weighted by Gasteiger charge is 2.29. The summed E-state index contributed by atoms with van der Waals surface area (Å²) in [5.41, 5.74) is -1.42. The summed E-state index contributed by atoms with van der Waals surface area (Å²) in [6.45, 7) is 3.01. The van der Waals surface area contributed by atoms with Crippen LogP contribution in [-0.4, -0.2) is 10.7 Å². The Hall–Kier alpha value is -1.47. The molecule has 0 radical (unpaired) electrons.